The van der Waals surface area contributed by atoms with E-state index in [4.69, 9.17) is 23.2 Å². The van der Waals surface area contributed by atoms with E-state index in [9.17, 15) is 4.39 Å². The van der Waals surface area contributed by atoms with Gasteiger partial charge in [0.1, 0.15) is 11.3 Å². The van der Waals surface area contributed by atoms with Crippen LogP contribution < -0.4 is 0 Å². The highest BCUT2D eigenvalue weighted by Crippen LogP contribution is 2.29. The normalized spacial score (nSPS) is 20.9. The summed E-state index contributed by atoms with van der Waals surface area (Å²) in [6.45, 7) is 0. The molecule has 1 radical (unpaired) electrons. The van der Waals surface area contributed by atoms with Gasteiger partial charge in [-0.15, -0.1) is 0 Å². The van der Waals surface area contributed by atoms with Gasteiger partial charge in [0.2, 0.25) is 0 Å². The minimum atomic E-state index is -1.12. The van der Waals surface area contributed by atoms with Crippen molar-refractivity contribution >= 4 is 28.8 Å². The lowest BCUT2D eigenvalue weighted by Gasteiger charge is -2.12. The van der Waals surface area contributed by atoms with Crippen LogP contribution in [0.4, 0.5) is 4.39 Å². The summed E-state index contributed by atoms with van der Waals surface area (Å²) in [5.74, 6) is 0. The number of pyridine rings is 1. The number of aromatic nitrogens is 1. The summed E-state index contributed by atoms with van der Waals surface area (Å²) in [4.78, 5) is 4.10. The Morgan fingerprint density at radius 1 is 1.27 bits per heavy atom. The Morgan fingerprint density at radius 2 is 2.07 bits per heavy atom. The molecule has 0 N–H and O–H groups in total. The summed E-state index contributed by atoms with van der Waals surface area (Å²) in [5.41, 5.74) is 1.33. The maximum atomic E-state index is 12.9. The minimum Gasteiger partial charge on any atom is -0.242 e. The van der Waals surface area contributed by atoms with Crippen molar-refractivity contribution < 1.29 is 4.39 Å². The lowest BCUT2D eigenvalue weighted by Crippen LogP contribution is -2.03. The molecule has 0 saturated heterocycles. The van der Waals surface area contributed by atoms with E-state index in [1.807, 2.05) is 0 Å². The Hall–Kier alpha value is -0.860. The number of hydrogen-bond donors (Lipinski definition) is 0. The average molecular weight is 243 g/mol. The molecule has 15 heavy (non-hydrogen) atoms. The molecule has 1 atom stereocenters. The van der Waals surface area contributed by atoms with Crippen LogP contribution in [-0.4, -0.2) is 11.2 Å². The molecule has 1 nitrogen and oxygen atoms in total. The predicted octanol–water partition coefficient (Wildman–Crippen LogP) is 3.80. The van der Waals surface area contributed by atoms with Crippen molar-refractivity contribution in [2.45, 2.75) is 6.17 Å². The summed E-state index contributed by atoms with van der Waals surface area (Å²) in [7, 11) is 0. The fourth-order valence-electron chi connectivity index (χ4n) is 1.32. The molecule has 2 rings (SSSR count). The van der Waals surface area contributed by atoms with Crippen LogP contribution in [-0.2, 0) is 0 Å². The number of hydrogen-bond acceptors (Lipinski definition) is 1. The first-order valence-corrected chi connectivity index (χ1v) is 5.12. The fraction of sp³-hybridized carbons (Fsp3) is 0.0909. The molecule has 1 aromatic heterocycles. The quantitative estimate of drug-likeness (QED) is 0.683. The maximum absolute atomic E-state index is 12.9. The van der Waals surface area contributed by atoms with Gasteiger partial charge in [-0.1, -0.05) is 35.3 Å². The Labute approximate surface area is 97.2 Å². The van der Waals surface area contributed by atoms with Gasteiger partial charge in [-0.25, -0.2) is 9.37 Å². The van der Waals surface area contributed by atoms with Crippen molar-refractivity contribution in [3.8, 4) is 0 Å². The second-order valence-corrected chi connectivity index (χ2v) is 3.87. The van der Waals surface area contributed by atoms with E-state index in [0.717, 1.165) is 0 Å². The van der Waals surface area contributed by atoms with Crippen molar-refractivity contribution in [2.24, 2.45) is 0 Å². The molecule has 1 unspecified atom stereocenters. The van der Waals surface area contributed by atoms with E-state index < -0.39 is 6.17 Å². The van der Waals surface area contributed by atoms with Crippen LogP contribution in [0.3, 0.4) is 0 Å². The summed E-state index contributed by atoms with van der Waals surface area (Å²) >= 11 is 11.7. The van der Waals surface area contributed by atoms with Crippen molar-refractivity contribution in [3.05, 3.63) is 52.7 Å². The zero-order chi connectivity index (χ0) is 10.8. The zero-order valence-corrected chi connectivity index (χ0v) is 9.13. The van der Waals surface area contributed by atoms with Gasteiger partial charge in [0.25, 0.3) is 0 Å². The van der Waals surface area contributed by atoms with Gasteiger partial charge in [0.05, 0.1) is 5.69 Å². The van der Waals surface area contributed by atoms with Crippen molar-refractivity contribution in [1.29, 1.82) is 0 Å². The molecule has 0 aromatic carbocycles. The molecular formula is C11H7Cl2FN. The number of nitrogens with zero attached hydrogens (tertiary/aromatic N) is 1. The van der Waals surface area contributed by atoms with Gasteiger partial charge in [-0.3, -0.25) is 0 Å². The molecule has 0 aliphatic heterocycles. The Kier molecular flexibility index (Phi) is 3.08. The van der Waals surface area contributed by atoms with Crippen LogP contribution in [0.5, 0.6) is 0 Å². The molecule has 0 saturated carbocycles. The van der Waals surface area contributed by atoms with E-state index in [2.05, 4.69) is 4.98 Å². The minimum absolute atomic E-state index is 0.361. The van der Waals surface area contributed by atoms with Gasteiger partial charge in [0.15, 0.2) is 0 Å². The summed E-state index contributed by atoms with van der Waals surface area (Å²) in [6.07, 6.45) is 3.25. The van der Waals surface area contributed by atoms with Crippen LogP contribution in [0.15, 0.2) is 35.4 Å². The number of halogens is 3. The molecule has 1 heterocycles. The smallest absolute Gasteiger partial charge is 0.129 e. The molecular weight excluding hydrogens is 236 g/mol. The van der Waals surface area contributed by atoms with E-state index in [1.165, 1.54) is 12.5 Å². The molecule has 1 aliphatic rings. The van der Waals surface area contributed by atoms with Gasteiger partial charge in [0, 0.05) is 17.0 Å². The van der Waals surface area contributed by atoms with E-state index >= 15 is 0 Å². The van der Waals surface area contributed by atoms with Crippen molar-refractivity contribution in [3.63, 3.8) is 0 Å². The van der Waals surface area contributed by atoms with E-state index in [0.29, 0.717) is 21.5 Å². The Morgan fingerprint density at radius 3 is 2.73 bits per heavy atom. The van der Waals surface area contributed by atoms with Crippen LogP contribution >= 0.6 is 23.2 Å². The first kappa shape index (κ1) is 10.7. The SMILES string of the molecule is FC1[CH]C(Cl)=C(c2cccc(Cl)n2)C=C1. The van der Waals surface area contributed by atoms with Crippen LogP contribution in [0.2, 0.25) is 5.15 Å². The second-order valence-electron chi connectivity index (χ2n) is 3.08. The van der Waals surface area contributed by atoms with Crippen molar-refractivity contribution in [1.82, 2.24) is 4.98 Å². The number of allylic oxidation sites excluding steroid dienone is 4. The molecule has 1 aromatic rings. The standard InChI is InChI=1S/C11H7Cl2FN/c12-9-6-7(14)4-5-8(9)10-2-1-3-11(13)15-10/h1-7H. The van der Waals surface area contributed by atoms with E-state index in [1.54, 1.807) is 24.3 Å². The van der Waals surface area contributed by atoms with Crippen molar-refractivity contribution in [2.75, 3.05) is 0 Å². The highest BCUT2D eigenvalue weighted by Gasteiger charge is 2.16. The zero-order valence-electron chi connectivity index (χ0n) is 7.62. The lowest BCUT2D eigenvalue weighted by molar-refractivity contribution is 0.450. The topological polar surface area (TPSA) is 12.9 Å². The van der Waals surface area contributed by atoms with Gasteiger partial charge in [-0.2, -0.15) is 0 Å². The largest absolute Gasteiger partial charge is 0.242 e. The van der Waals surface area contributed by atoms with E-state index in [-0.39, 0.29) is 0 Å². The molecule has 1 aliphatic carbocycles. The Bertz CT molecular complexity index is 440. The average Bonchev–Trinajstić information content (AvgIpc) is 2.17. The van der Waals surface area contributed by atoms with Crippen LogP contribution in [0, 0.1) is 6.42 Å². The fourth-order valence-corrected chi connectivity index (χ4v) is 1.76. The predicted molar refractivity (Wildman–Crippen MR) is 60.4 cm³/mol. The summed E-state index contributed by atoms with van der Waals surface area (Å²) in [6, 6.07) is 5.23. The van der Waals surface area contributed by atoms with Gasteiger partial charge < -0.3 is 0 Å². The number of alkyl halides is 1. The third-order valence-corrected chi connectivity index (χ3v) is 2.54. The van der Waals surface area contributed by atoms with Crippen LogP contribution in [0.1, 0.15) is 5.69 Å². The van der Waals surface area contributed by atoms with Crippen LogP contribution in [0.25, 0.3) is 5.57 Å². The van der Waals surface area contributed by atoms with Gasteiger partial charge in [-0.05, 0) is 18.2 Å². The third-order valence-electron chi connectivity index (χ3n) is 2.00. The van der Waals surface area contributed by atoms with Gasteiger partial charge >= 0.3 is 0 Å². The second kappa shape index (κ2) is 4.33. The molecule has 0 bridgehead atoms. The highest BCUT2D eigenvalue weighted by atomic mass is 35.5. The molecule has 77 valence electrons. The first-order chi connectivity index (χ1) is 7.16. The first-order valence-electron chi connectivity index (χ1n) is 4.36. The summed E-state index contributed by atoms with van der Waals surface area (Å²) in [5, 5.41) is 0.750. The lowest BCUT2D eigenvalue weighted by atomic mass is 10.0. The third kappa shape index (κ3) is 2.39. The molecule has 0 amide bonds. The Balaban J connectivity index is 2.40. The highest BCUT2D eigenvalue weighted by molar-refractivity contribution is 6.34. The molecule has 0 spiro atoms. The monoisotopic (exact) mass is 242 g/mol. The number of rotatable bonds is 1. The summed E-state index contributed by atoms with van der Waals surface area (Å²) < 4.78 is 12.9. The molecule has 4 heteroatoms. The maximum Gasteiger partial charge on any atom is 0.129 e. The molecule has 0 fully saturated rings.